The van der Waals surface area contributed by atoms with Gasteiger partial charge in [-0.2, -0.15) is 0 Å². The first-order valence-electron chi connectivity index (χ1n) is 17.8. The highest BCUT2D eigenvalue weighted by molar-refractivity contribution is 5.92. The van der Waals surface area contributed by atoms with Gasteiger partial charge in [0.1, 0.15) is 18.1 Å². The van der Waals surface area contributed by atoms with Crippen LogP contribution in [-0.2, 0) is 28.8 Å². The zero-order chi connectivity index (χ0) is 38.0. The van der Waals surface area contributed by atoms with E-state index in [0.29, 0.717) is 25.7 Å². The topological polar surface area (TPSA) is 223 Å². The number of aliphatic hydroxyl groups excluding tert-OH is 2. The number of carboxylic acids is 1. The van der Waals surface area contributed by atoms with E-state index in [1.54, 1.807) is 27.7 Å². The molecule has 0 aliphatic rings. The van der Waals surface area contributed by atoms with Crippen molar-refractivity contribution in [2.75, 3.05) is 0 Å². The number of unbranched alkanes of at least 4 members (excludes halogenated alkanes) is 2. The Morgan fingerprint density at radius 2 is 1.00 bits per heavy atom. The van der Waals surface area contributed by atoms with E-state index in [-0.39, 0.29) is 29.6 Å². The van der Waals surface area contributed by atoms with Crippen molar-refractivity contribution in [1.82, 2.24) is 26.6 Å². The molecule has 14 heteroatoms. The van der Waals surface area contributed by atoms with Crippen LogP contribution in [0, 0.1) is 23.7 Å². The van der Waals surface area contributed by atoms with Gasteiger partial charge in [0.2, 0.25) is 29.5 Å². The van der Waals surface area contributed by atoms with E-state index in [9.17, 15) is 39.0 Å². The summed E-state index contributed by atoms with van der Waals surface area (Å²) in [5, 5.41) is 44.0. The van der Waals surface area contributed by atoms with Crippen LogP contribution in [0.25, 0.3) is 0 Å². The molecule has 0 saturated carbocycles. The van der Waals surface area contributed by atoms with Gasteiger partial charge < -0.3 is 41.9 Å². The molecule has 49 heavy (non-hydrogen) atoms. The molecule has 0 aromatic carbocycles. The van der Waals surface area contributed by atoms with Crippen LogP contribution in [0.2, 0.25) is 0 Å². The van der Waals surface area contributed by atoms with Crippen molar-refractivity contribution < 1.29 is 44.1 Å². The van der Waals surface area contributed by atoms with E-state index in [1.807, 2.05) is 34.6 Å². The summed E-state index contributed by atoms with van der Waals surface area (Å²) in [5.74, 6) is -4.29. The van der Waals surface area contributed by atoms with E-state index >= 15 is 0 Å². The molecule has 0 heterocycles. The SMILES string of the molecule is CCCCCC(=O)N[C@H](C(=O)N[C@H](C(=O)N[C@@H](CC(C)C)[C@@H](O)CC(=O)N[C@@H](C)C(=O)N[C@H](CC(C)C)[C@H](O)CC(=O)O)C(C)C)C(C)C. The predicted octanol–water partition coefficient (Wildman–Crippen LogP) is 2.00. The number of carboxylic acid groups (broad SMARTS) is 1. The number of hydrogen-bond donors (Lipinski definition) is 8. The first-order valence-corrected chi connectivity index (χ1v) is 17.8. The Kier molecular flexibility index (Phi) is 21.7. The fraction of sp³-hybridized carbons (Fsp3) is 0.829. The van der Waals surface area contributed by atoms with Crippen molar-refractivity contribution in [1.29, 1.82) is 0 Å². The third kappa shape index (κ3) is 18.9. The van der Waals surface area contributed by atoms with Gasteiger partial charge in [0, 0.05) is 6.42 Å². The largest absolute Gasteiger partial charge is 0.481 e. The second-order valence-corrected chi connectivity index (χ2v) is 14.7. The summed E-state index contributed by atoms with van der Waals surface area (Å²) < 4.78 is 0. The number of aliphatic hydroxyl groups is 2. The molecular formula is C35H65N5O9. The summed E-state index contributed by atoms with van der Waals surface area (Å²) in [6, 6.07) is -4.59. The normalized spacial score (nSPS) is 15.9. The highest BCUT2D eigenvalue weighted by atomic mass is 16.4. The quantitative estimate of drug-likeness (QED) is 0.0689. The van der Waals surface area contributed by atoms with Gasteiger partial charge in [0.25, 0.3) is 0 Å². The second-order valence-electron chi connectivity index (χ2n) is 14.7. The summed E-state index contributed by atoms with van der Waals surface area (Å²) in [6.07, 6.45) is -0.126. The van der Waals surface area contributed by atoms with Gasteiger partial charge in [0.05, 0.1) is 37.1 Å². The van der Waals surface area contributed by atoms with Crippen molar-refractivity contribution in [3.05, 3.63) is 0 Å². The van der Waals surface area contributed by atoms with Crippen LogP contribution in [0.4, 0.5) is 0 Å². The van der Waals surface area contributed by atoms with E-state index in [1.165, 1.54) is 6.92 Å². The smallest absolute Gasteiger partial charge is 0.306 e. The minimum atomic E-state index is -1.33. The lowest BCUT2D eigenvalue weighted by molar-refractivity contribution is -0.140. The first kappa shape index (κ1) is 45.7. The lowest BCUT2D eigenvalue weighted by Crippen LogP contribution is -2.59. The molecular weight excluding hydrogens is 634 g/mol. The van der Waals surface area contributed by atoms with Crippen LogP contribution in [-0.4, -0.2) is 93.2 Å². The molecule has 0 aromatic rings. The third-order valence-corrected chi connectivity index (χ3v) is 8.10. The molecule has 0 aliphatic carbocycles. The molecule has 8 N–H and O–H groups in total. The van der Waals surface area contributed by atoms with E-state index in [0.717, 1.165) is 12.8 Å². The number of nitrogens with one attached hydrogen (secondary N) is 5. The van der Waals surface area contributed by atoms with Crippen molar-refractivity contribution in [2.24, 2.45) is 23.7 Å². The van der Waals surface area contributed by atoms with Gasteiger partial charge in [-0.15, -0.1) is 0 Å². The Bertz CT molecular complexity index is 1070. The number of carbonyl (C=O) groups is 6. The summed E-state index contributed by atoms with van der Waals surface area (Å²) in [4.78, 5) is 76.1. The third-order valence-electron chi connectivity index (χ3n) is 8.10. The van der Waals surface area contributed by atoms with Crippen LogP contribution in [0.3, 0.4) is 0 Å². The maximum atomic E-state index is 13.5. The zero-order valence-corrected chi connectivity index (χ0v) is 31.3. The molecule has 0 unspecified atom stereocenters. The zero-order valence-electron chi connectivity index (χ0n) is 31.3. The minimum Gasteiger partial charge on any atom is -0.481 e. The standard InChI is InChI=1S/C35H65N5O9/c1-11-12-13-14-28(43)39-31(21(6)7)35(49)40-32(22(8)9)34(48)38-24(15-19(2)3)26(41)17-29(44)36-23(10)33(47)37-25(16-20(4)5)27(42)18-30(45)46/h19-27,31-32,41-42H,11-18H2,1-10H3,(H,36,44)(H,37,47)(H,38,48)(H,39,43)(H,40,49)(H,45,46)/t23-,24-,25+,26-,27+,31-,32-/m0/s1. The lowest BCUT2D eigenvalue weighted by atomic mass is 9.95. The molecule has 0 aromatic heterocycles. The van der Waals surface area contributed by atoms with Crippen molar-refractivity contribution in [3.63, 3.8) is 0 Å². The Balaban J connectivity index is 5.58. The molecule has 0 saturated heterocycles. The number of hydrogen-bond acceptors (Lipinski definition) is 8. The Labute approximate surface area is 292 Å². The van der Waals surface area contributed by atoms with E-state index < -0.39 is 84.9 Å². The first-order chi connectivity index (χ1) is 22.7. The number of aliphatic carboxylic acids is 1. The van der Waals surface area contributed by atoms with Crippen molar-refractivity contribution in [3.8, 4) is 0 Å². The molecule has 5 amide bonds. The van der Waals surface area contributed by atoms with Gasteiger partial charge >= 0.3 is 5.97 Å². The number of rotatable bonds is 24. The van der Waals surface area contributed by atoms with Crippen LogP contribution in [0.1, 0.15) is 121 Å². The molecule has 14 nitrogen and oxygen atoms in total. The molecule has 0 fully saturated rings. The molecule has 0 bridgehead atoms. The van der Waals surface area contributed by atoms with Crippen molar-refractivity contribution >= 4 is 35.5 Å². The van der Waals surface area contributed by atoms with Crippen LogP contribution in [0.15, 0.2) is 0 Å². The maximum absolute atomic E-state index is 13.5. The number of carbonyl (C=O) groups excluding carboxylic acids is 5. The van der Waals surface area contributed by atoms with Gasteiger partial charge in [-0.05, 0) is 49.9 Å². The van der Waals surface area contributed by atoms with E-state index in [4.69, 9.17) is 5.11 Å². The van der Waals surface area contributed by atoms with Gasteiger partial charge in [-0.3, -0.25) is 28.8 Å². The Hall–Kier alpha value is -3.26. The van der Waals surface area contributed by atoms with Crippen LogP contribution in [0.5, 0.6) is 0 Å². The van der Waals surface area contributed by atoms with Gasteiger partial charge in [0.15, 0.2) is 0 Å². The number of amides is 5. The Morgan fingerprint density at radius 1 is 0.551 bits per heavy atom. The summed E-state index contributed by atoms with van der Waals surface area (Å²) in [5.41, 5.74) is 0. The van der Waals surface area contributed by atoms with Gasteiger partial charge in [-0.25, -0.2) is 0 Å². The fourth-order valence-electron chi connectivity index (χ4n) is 5.33. The second kappa shape index (κ2) is 23.2. The molecule has 0 spiro atoms. The average Bonchev–Trinajstić information content (AvgIpc) is 2.96. The van der Waals surface area contributed by atoms with Crippen LogP contribution >= 0.6 is 0 Å². The monoisotopic (exact) mass is 699 g/mol. The fourth-order valence-corrected chi connectivity index (χ4v) is 5.33. The Morgan fingerprint density at radius 3 is 1.45 bits per heavy atom. The average molecular weight is 700 g/mol. The summed E-state index contributed by atoms with van der Waals surface area (Å²) >= 11 is 0. The minimum absolute atomic E-state index is 0.0168. The van der Waals surface area contributed by atoms with Gasteiger partial charge in [-0.1, -0.05) is 75.2 Å². The van der Waals surface area contributed by atoms with E-state index in [2.05, 4.69) is 26.6 Å². The molecule has 0 rings (SSSR count). The highest BCUT2D eigenvalue weighted by Crippen LogP contribution is 2.15. The molecule has 7 atom stereocenters. The summed E-state index contributed by atoms with van der Waals surface area (Å²) in [7, 11) is 0. The molecule has 0 radical (unpaired) electrons. The highest BCUT2D eigenvalue weighted by Gasteiger charge is 2.34. The predicted molar refractivity (Wildman–Crippen MR) is 187 cm³/mol. The maximum Gasteiger partial charge on any atom is 0.306 e. The molecule has 284 valence electrons. The van der Waals surface area contributed by atoms with Crippen molar-refractivity contribution in [2.45, 2.75) is 163 Å². The summed E-state index contributed by atoms with van der Waals surface area (Å²) in [6.45, 7) is 18.1. The lowest BCUT2D eigenvalue weighted by Gasteiger charge is -2.31. The van der Waals surface area contributed by atoms with Crippen LogP contribution < -0.4 is 26.6 Å². The molecule has 0 aliphatic heterocycles.